The molecule has 0 unspecified atom stereocenters. The Morgan fingerprint density at radius 3 is 2.47 bits per heavy atom. The molecule has 1 atom stereocenters. The van der Waals surface area contributed by atoms with Gasteiger partial charge in [-0.15, -0.1) is 0 Å². The summed E-state index contributed by atoms with van der Waals surface area (Å²) >= 11 is 6.03. The van der Waals surface area contributed by atoms with Crippen LogP contribution in [0, 0.1) is 0 Å². The van der Waals surface area contributed by atoms with E-state index in [1.165, 1.54) is 4.31 Å². The number of amides is 1. The average molecular weight is 537 g/mol. The number of hydrogen-bond donors (Lipinski definition) is 1. The largest absolute Gasteiger partial charge is 0.481 e. The van der Waals surface area contributed by atoms with Crippen molar-refractivity contribution in [2.75, 3.05) is 69.2 Å². The molecule has 9 nitrogen and oxygen atoms in total. The van der Waals surface area contributed by atoms with Crippen molar-refractivity contribution in [1.29, 1.82) is 0 Å². The Bertz CT molecular complexity index is 1160. The zero-order valence-electron chi connectivity index (χ0n) is 20.7. The second-order valence-corrected chi connectivity index (χ2v) is 11.2. The number of nitrogens with one attached hydrogen (secondary N) is 1. The van der Waals surface area contributed by atoms with Crippen LogP contribution in [0.4, 0.5) is 11.4 Å². The minimum atomic E-state index is -3.72. The van der Waals surface area contributed by atoms with Crippen LogP contribution in [0.25, 0.3) is 0 Å². The lowest BCUT2D eigenvalue weighted by molar-refractivity contribution is -0.122. The Morgan fingerprint density at radius 1 is 1.08 bits per heavy atom. The summed E-state index contributed by atoms with van der Waals surface area (Å²) in [5.74, 6) is 0.0917. The van der Waals surface area contributed by atoms with Crippen LogP contribution in [0.5, 0.6) is 5.75 Å². The number of morpholine rings is 1. The van der Waals surface area contributed by atoms with Gasteiger partial charge in [-0.1, -0.05) is 24.6 Å². The van der Waals surface area contributed by atoms with E-state index in [4.69, 9.17) is 21.1 Å². The van der Waals surface area contributed by atoms with Gasteiger partial charge >= 0.3 is 0 Å². The fraction of sp³-hybridized carbons (Fsp3) is 0.480. The number of hydrogen-bond acceptors (Lipinski definition) is 7. The Morgan fingerprint density at radius 2 is 1.81 bits per heavy atom. The zero-order valence-corrected chi connectivity index (χ0v) is 22.2. The summed E-state index contributed by atoms with van der Waals surface area (Å²) < 4.78 is 39.1. The van der Waals surface area contributed by atoms with E-state index in [1.54, 1.807) is 49.4 Å². The number of likely N-dealkylation sites (N-methyl/N-ethyl adjacent to an activating group) is 1. The van der Waals surface area contributed by atoms with Gasteiger partial charge in [0.2, 0.25) is 10.0 Å². The topological polar surface area (TPSA) is 91.4 Å². The smallest absolute Gasteiger partial charge is 0.265 e. The van der Waals surface area contributed by atoms with Gasteiger partial charge in [0.15, 0.2) is 6.10 Å². The number of sulfonamides is 1. The lowest BCUT2D eigenvalue weighted by atomic mass is 10.2. The number of carbonyl (C=O) groups is 1. The van der Waals surface area contributed by atoms with Crippen molar-refractivity contribution in [2.45, 2.75) is 24.8 Å². The number of nitrogens with zero attached hydrogens (tertiary/aromatic N) is 3. The van der Waals surface area contributed by atoms with E-state index in [0.717, 1.165) is 38.4 Å². The quantitative estimate of drug-likeness (QED) is 0.554. The number of piperazine rings is 1. The molecule has 0 saturated carbocycles. The maximum atomic E-state index is 13.3. The predicted octanol–water partition coefficient (Wildman–Crippen LogP) is 2.91. The van der Waals surface area contributed by atoms with Crippen LogP contribution in [-0.4, -0.2) is 88.7 Å². The third kappa shape index (κ3) is 6.30. The van der Waals surface area contributed by atoms with Gasteiger partial charge in [0, 0.05) is 44.3 Å². The first-order chi connectivity index (χ1) is 17.3. The molecule has 0 aromatic heterocycles. The van der Waals surface area contributed by atoms with Gasteiger partial charge in [0.25, 0.3) is 5.91 Å². The molecule has 1 amide bonds. The van der Waals surface area contributed by atoms with Crippen molar-refractivity contribution >= 4 is 38.9 Å². The summed E-state index contributed by atoms with van der Waals surface area (Å²) in [5, 5.41) is 3.43. The van der Waals surface area contributed by atoms with Crippen molar-refractivity contribution in [1.82, 2.24) is 9.21 Å². The molecule has 36 heavy (non-hydrogen) atoms. The summed E-state index contributed by atoms with van der Waals surface area (Å²) in [6, 6.07) is 11.8. The van der Waals surface area contributed by atoms with Gasteiger partial charge in [-0.3, -0.25) is 4.79 Å². The number of halogens is 1. The maximum Gasteiger partial charge on any atom is 0.265 e. The summed E-state index contributed by atoms with van der Waals surface area (Å²) in [6.45, 7) is 9.43. The van der Waals surface area contributed by atoms with E-state index in [9.17, 15) is 13.2 Å². The van der Waals surface area contributed by atoms with Gasteiger partial charge < -0.3 is 24.6 Å². The molecule has 0 bridgehead atoms. The molecule has 1 N–H and O–H groups in total. The number of carbonyl (C=O) groups excluding carboxylic acids is 1. The van der Waals surface area contributed by atoms with E-state index in [0.29, 0.717) is 42.8 Å². The fourth-order valence-electron chi connectivity index (χ4n) is 4.32. The molecular weight excluding hydrogens is 504 g/mol. The minimum absolute atomic E-state index is 0.138. The van der Waals surface area contributed by atoms with Crippen LogP contribution in [0.1, 0.15) is 13.8 Å². The van der Waals surface area contributed by atoms with Crippen molar-refractivity contribution in [3.05, 3.63) is 47.5 Å². The van der Waals surface area contributed by atoms with E-state index < -0.39 is 16.1 Å². The van der Waals surface area contributed by atoms with Gasteiger partial charge in [-0.05, 0) is 49.9 Å². The zero-order chi connectivity index (χ0) is 25.7. The number of anilines is 2. The average Bonchev–Trinajstić information content (AvgIpc) is 2.89. The van der Waals surface area contributed by atoms with E-state index >= 15 is 0 Å². The van der Waals surface area contributed by atoms with Crippen molar-refractivity contribution in [3.8, 4) is 5.75 Å². The van der Waals surface area contributed by atoms with Gasteiger partial charge in [0.05, 0.1) is 29.5 Å². The van der Waals surface area contributed by atoms with Gasteiger partial charge in [-0.2, -0.15) is 4.31 Å². The van der Waals surface area contributed by atoms with Crippen LogP contribution in [0.15, 0.2) is 47.4 Å². The third-order valence-electron chi connectivity index (χ3n) is 6.47. The fourth-order valence-corrected chi connectivity index (χ4v) is 5.94. The van der Waals surface area contributed by atoms with Crippen LogP contribution in [0.3, 0.4) is 0 Å². The molecule has 0 aliphatic carbocycles. The first kappa shape index (κ1) is 26.7. The van der Waals surface area contributed by atoms with Crippen molar-refractivity contribution in [3.63, 3.8) is 0 Å². The monoisotopic (exact) mass is 536 g/mol. The van der Waals surface area contributed by atoms with Crippen LogP contribution >= 0.6 is 11.6 Å². The summed E-state index contributed by atoms with van der Waals surface area (Å²) in [7, 11) is -3.72. The van der Waals surface area contributed by atoms with Crippen molar-refractivity contribution in [2.24, 2.45) is 0 Å². The molecule has 2 aromatic rings. The normalized spacial score (nSPS) is 18.6. The Balaban J connectivity index is 1.59. The molecule has 4 rings (SSSR count). The highest BCUT2D eigenvalue weighted by Crippen LogP contribution is 2.32. The van der Waals surface area contributed by atoms with Crippen LogP contribution < -0.4 is 15.0 Å². The molecule has 2 fully saturated rings. The highest BCUT2D eigenvalue weighted by Gasteiger charge is 2.29. The Hall–Kier alpha value is -2.37. The third-order valence-corrected chi connectivity index (χ3v) is 8.60. The van der Waals surface area contributed by atoms with E-state index in [2.05, 4.69) is 22.0 Å². The van der Waals surface area contributed by atoms with Gasteiger partial charge in [0.1, 0.15) is 5.75 Å². The summed E-state index contributed by atoms with van der Waals surface area (Å²) in [6.07, 6.45) is -0.826. The molecule has 196 valence electrons. The van der Waals surface area contributed by atoms with Crippen molar-refractivity contribution < 1.29 is 22.7 Å². The summed E-state index contributed by atoms with van der Waals surface area (Å²) in [4.78, 5) is 17.8. The molecule has 2 heterocycles. The van der Waals surface area contributed by atoms with E-state index in [1.807, 2.05) is 0 Å². The maximum absolute atomic E-state index is 13.3. The molecular formula is C25H33ClN4O5S. The molecule has 2 aliphatic rings. The molecule has 2 aromatic carbocycles. The molecule has 2 aliphatic heterocycles. The molecule has 2 saturated heterocycles. The lowest BCUT2D eigenvalue weighted by Gasteiger charge is -2.36. The molecule has 11 heteroatoms. The number of ether oxygens (including phenoxy) is 2. The number of rotatable bonds is 8. The highest BCUT2D eigenvalue weighted by molar-refractivity contribution is 7.89. The standard InChI is InChI=1S/C25H33ClN4O5S/c1-3-28-9-11-29(12-10-28)24-8-7-22(36(32,33)30-13-15-34-16-14-30)18-23(24)27-25(31)19(2)35-21-6-4-5-20(26)17-21/h4-8,17-19H,3,9-16H2,1-2H3,(H,27,31)/t19-/m1/s1. The van der Waals surface area contributed by atoms with E-state index in [-0.39, 0.29) is 10.8 Å². The van der Waals surface area contributed by atoms with Crippen LogP contribution in [0.2, 0.25) is 5.02 Å². The summed E-state index contributed by atoms with van der Waals surface area (Å²) in [5.41, 5.74) is 1.23. The first-order valence-electron chi connectivity index (χ1n) is 12.2. The minimum Gasteiger partial charge on any atom is -0.481 e. The predicted molar refractivity (Wildman–Crippen MR) is 141 cm³/mol. The van der Waals surface area contributed by atoms with Crippen LogP contribution in [-0.2, 0) is 19.6 Å². The second-order valence-electron chi connectivity index (χ2n) is 8.82. The Labute approximate surface area is 218 Å². The second kappa shape index (κ2) is 11.8. The molecule has 0 radical (unpaired) electrons. The lowest BCUT2D eigenvalue weighted by Crippen LogP contribution is -2.46. The Kier molecular flexibility index (Phi) is 8.74. The molecule has 0 spiro atoms. The number of benzene rings is 2. The SMILES string of the molecule is CCN1CCN(c2ccc(S(=O)(=O)N3CCOCC3)cc2NC(=O)[C@@H](C)Oc2cccc(Cl)c2)CC1. The highest BCUT2D eigenvalue weighted by atomic mass is 35.5. The first-order valence-corrected chi connectivity index (χ1v) is 14.0. The van der Waals surface area contributed by atoms with Gasteiger partial charge in [-0.25, -0.2) is 8.42 Å².